The molecule has 94 valence electrons. The second-order valence-corrected chi connectivity index (χ2v) is 4.17. The highest BCUT2D eigenvalue weighted by Gasteiger charge is 2.11. The first-order chi connectivity index (χ1) is 8.19. The largest absolute Gasteiger partial charge is 0.337 e. The van der Waals surface area contributed by atoms with Gasteiger partial charge in [0.15, 0.2) is 0 Å². The summed E-state index contributed by atoms with van der Waals surface area (Å²) >= 11 is 0. The number of carbonyl (C=O) groups excluding carboxylic acids is 1. The number of hydrogen-bond acceptors (Lipinski definition) is 1. The van der Waals surface area contributed by atoms with Crippen LogP contribution in [0.15, 0.2) is 30.3 Å². The summed E-state index contributed by atoms with van der Waals surface area (Å²) in [5, 5.41) is 2.97. The third-order valence-electron chi connectivity index (χ3n) is 2.98. The van der Waals surface area contributed by atoms with E-state index in [1.807, 2.05) is 32.0 Å². The van der Waals surface area contributed by atoms with Gasteiger partial charge < -0.3 is 10.2 Å². The lowest BCUT2D eigenvalue weighted by Gasteiger charge is -2.21. The van der Waals surface area contributed by atoms with Crippen LogP contribution in [0.4, 0.5) is 4.79 Å². The second-order valence-electron chi connectivity index (χ2n) is 4.17. The highest BCUT2D eigenvalue weighted by atomic mass is 16.2. The zero-order valence-electron chi connectivity index (χ0n) is 10.9. The molecule has 1 N–H and O–H groups in total. The van der Waals surface area contributed by atoms with E-state index in [9.17, 15) is 4.79 Å². The monoisotopic (exact) mass is 234 g/mol. The third-order valence-corrected chi connectivity index (χ3v) is 2.98. The fourth-order valence-electron chi connectivity index (χ4n) is 1.76. The summed E-state index contributed by atoms with van der Waals surface area (Å²) < 4.78 is 0. The average molecular weight is 234 g/mol. The molecule has 0 aliphatic rings. The fraction of sp³-hybridized carbons (Fsp3) is 0.500. The zero-order valence-corrected chi connectivity index (χ0v) is 10.9. The van der Waals surface area contributed by atoms with Crippen LogP contribution < -0.4 is 5.32 Å². The molecule has 2 amide bonds. The van der Waals surface area contributed by atoms with Crippen molar-refractivity contribution in [1.29, 1.82) is 0 Å². The van der Waals surface area contributed by atoms with Crippen molar-refractivity contribution in [3.63, 3.8) is 0 Å². The first-order valence-electron chi connectivity index (χ1n) is 6.26. The number of nitrogens with one attached hydrogen (secondary N) is 1. The van der Waals surface area contributed by atoms with Gasteiger partial charge in [-0.1, -0.05) is 37.3 Å². The number of carbonyl (C=O) groups is 1. The van der Waals surface area contributed by atoms with Crippen molar-refractivity contribution in [2.24, 2.45) is 0 Å². The van der Waals surface area contributed by atoms with Gasteiger partial charge in [0.2, 0.25) is 0 Å². The van der Waals surface area contributed by atoms with Gasteiger partial charge >= 0.3 is 6.03 Å². The quantitative estimate of drug-likeness (QED) is 0.834. The lowest BCUT2D eigenvalue weighted by molar-refractivity contribution is 0.203. The normalized spacial score (nSPS) is 11.9. The Morgan fingerprint density at radius 3 is 2.35 bits per heavy atom. The van der Waals surface area contributed by atoms with Crippen molar-refractivity contribution in [1.82, 2.24) is 10.2 Å². The molecule has 0 unspecified atom stereocenters. The molecule has 17 heavy (non-hydrogen) atoms. The Kier molecular flexibility index (Phi) is 5.53. The van der Waals surface area contributed by atoms with Crippen molar-refractivity contribution in [3.8, 4) is 0 Å². The summed E-state index contributed by atoms with van der Waals surface area (Å²) in [5.74, 6) is 0.343. The van der Waals surface area contributed by atoms with Gasteiger partial charge in [-0.15, -0.1) is 0 Å². The van der Waals surface area contributed by atoms with Gasteiger partial charge in [-0.3, -0.25) is 0 Å². The minimum atomic E-state index is 0.0257. The van der Waals surface area contributed by atoms with E-state index in [0.29, 0.717) is 12.5 Å². The molecule has 3 heteroatoms. The molecule has 0 aliphatic heterocycles. The van der Waals surface area contributed by atoms with Gasteiger partial charge in [-0.05, 0) is 25.3 Å². The van der Waals surface area contributed by atoms with Crippen molar-refractivity contribution in [2.45, 2.75) is 26.7 Å². The van der Waals surface area contributed by atoms with Crippen molar-refractivity contribution >= 4 is 6.03 Å². The van der Waals surface area contributed by atoms with Crippen LogP contribution >= 0.6 is 0 Å². The minimum Gasteiger partial charge on any atom is -0.337 e. The molecule has 0 radical (unpaired) electrons. The van der Waals surface area contributed by atoms with E-state index in [1.54, 1.807) is 4.90 Å². The van der Waals surface area contributed by atoms with Crippen LogP contribution in [0.3, 0.4) is 0 Å². The van der Waals surface area contributed by atoms with Gasteiger partial charge in [-0.2, -0.15) is 0 Å². The Bertz CT molecular complexity index is 333. The van der Waals surface area contributed by atoms with Crippen LogP contribution in [-0.4, -0.2) is 30.6 Å². The standard InChI is InChI=1S/C14H22N2O/c1-4-16(5-2)14(17)15-11-12(3)13-9-7-6-8-10-13/h6-10,12H,4-5,11H2,1-3H3,(H,15,17)/t12-/m1/s1. The highest BCUT2D eigenvalue weighted by Crippen LogP contribution is 2.12. The topological polar surface area (TPSA) is 32.3 Å². The molecular formula is C14H22N2O. The SMILES string of the molecule is CCN(CC)C(=O)NC[C@@H](C)c1ccccc1. The van der Waals surface area contributed by atoms with Crippen LogP contribution in [0.1, 0.15) is 32.3 Å². The van der Waals surface area contributed by atoms with E-state index in [-0.39, 0.29) is 6.03 Å². The van der Waals surface area contributed by atoms with Gasteiger partial charge in [-0.25, -0.2) is 4.79 Å². The van der Waals surface area contributed by atoms with Gasteiger partial charge in [0.25, 0.3) is 0 Å². The maximum Gasteiger partial charge on any atom is 0.317 e. The first kappa shape index (κ1) is 13.6. The smallest absolute Gasteiger partial charge is 0.317 e. The number of benzene rings is 1. The maximum atomic E-state index is 11.8. The molecule has 1 aromatic carbocycles. The van der Waals surface area contributed by atoms with Gasteiger partial charge in [0.1, 0.15) is 0 Å². The number of hydrogen-bond donors (Lipinski definition) is 1. The summed E-state index contributed by atoms with van der Waals surface area (Å²) in [6, 6.07) is 10.3. The predicted molar refractivity (Wildman–Crippen MR) is 71.2 cm³/mol. The van der Waals surface area contributed by atoms with Crippen LogP contribution in [0.5, 0.6) is 0 Å². The van der Waals surface area contributed by atoms with Crippen molar-refractivity contribution < 1.29 is 4.79 Å². The predicted octanol–water partition coefficient (Wildman–Crippen LogP) is 2.84. The molecule has 0 fully saturated rings. The molecule has 0 aromatic heterocycles. The number of urea groups is 1. The van der Waals surface area contributed by atoms with Crippen LogP contribution in [0, 0.1) is 0 Å². The lowest BCUT2D eigenvalue weighted by Crippen LogP contribution is -2.41. The molecule has 1 aromatic rings. The molecule has 0 heterocycles. The molecule has 0 saturated heterocycles. The van der Waals surface area contributed by atoms with Crippen molar-refractivity contribution in [2.75, 3.05) is 19.6 Å². The molecule has 0 bridgehead atoms. The Labute approximate surface area is 104 Å². The Hall–Kier alpha value is -1.51. The van der Waals surface area contributed by atoms with Crippen LogP contribution in [0.2, 0.25) is 0 Å². The summed E-state index contributed by atoms with van der Waals surface area (Å²) in [4.78, 5) is 13.5. The minimum absolute atomic E-state index is 0.0257. The molecule has 0 saturated carbocycles. The summed E-state index contributed by atoms with van der Waals surface area (Å²) in [6.07, 6.45) is 0. The Balaban J connectivity index is 2.43. The average Bonchev–Trinajstić information content (AvgIpc) is 2.38. The molecule has 1 rings (SSSR count). The van der Waals surface area contributed by atoms with E-state index in [1.165, 1.54) is 5.56 Å². The molecule has 1 atom stereocenters. The lowest BCUT2D eigenvalue weighted by atomic mass is 10.0. The summed E-state index contributed by atoms with van der Waals surface area (Å²) in [7, 11) is 0. The van der Waals surface area contributed by atoms with Gasteiger partial charge in [0.05, 0.1) is 0 Å². The summed E-state index contributed by atoms with van der Waals surface area (Å²) in [6.45, 7) is 8.29. The number of rotatable bonds is 5. The number of amides is 2. The maximum absolute atomic E-state index is 11.8. The van der Waals surface area contributed by atoms with E-state index < -0.39 is 0 Å². The molecule has 0 aliphatic carbocycles. The summed E-state index contributed by atoms with van der Waals surface area (Å²) in [5.41, 5.74) is 1.26. The first-order valence-corrected chi connectivity index (χ1v) is 6.26. The third kappa shape index (κ3) is 4.10. The molecular weight excluding hydrogens is 212 g/mol. The van der Waals surface area contributed by atoms with E-state index in [0.717, 1.165) is 13.1 Å². The van der Waals surface area contributed by atoms with Crippen LogP contribution in [0.25, 0.3) is 0 Å². The Morgan fingerprint density at radius 2 is 1.82 bits per heavy atom. The second kappa shape index (κ2) is 6.94. The number of nitrogens with zero attached hydrogens (tertiary/aromatic N) is 1. The zero-order chi connectivity index (χ0) is 12.7. The molecule has 3 nitrogen and oxygen atoms in total. The van der Waals surface area contributed by atoms with Gasteiger partial charge in [0, 0.05) is 19.6 Å². The van der Waals surface area contributed by atoms with Crippen LogP contribution in [-0.2, 0) is 0 Å². The van der Waals surface area contributed by atoms with E-state index in [4.69, 9.17) is 0 Å². The van der Waals surface area contributed by atoms with E-state index in [2.05, 4.69) is 24.4 Å². The fourth-order valence-corrected chi connectivity index (χ4v) is 1.76. The molecule has 0 spiro atoms. The Morgan fingerprint density at radius 1 is 1.24 bits per heavy atom. The van der Waals surface area contributed by atoms with E-state index >= 15 is 0 Å². The van der Waals surface area contributed by atoms with Crippen molar-refractivity contribution in [3.05, 3.63) is 35.9 Å². The highest BCUT2D eigenvalue weighted by molar-refractivity contribution is 5.74.